The first-order valence-corrected chi connectivity index (χ1v) is 6.80. The zero-order valence-corrected chi connectivity index (χ0v) is 11.0. The molecule has 1 rings (SSSR count). The van der Waals surface area contributed by atoms with Gasteiger partial charge in [0.2, 0.25) is 5.91 Å². The van der Waals surface area contributed by atoms with Gasteiger partial charge in [-0.2, -0.15) is 0 Å². The molecule has 1 fully saturated rings. The van der Waals surface area contributed by atoms with Gasteiger partial charge in [-0.25, -0.2) is 0 Å². The van der Waals surface area contributed by atoms with Crippen LogP contribution in [0, 0.1) is 5.92 Å². The summed E-state index contributed by atoms with van der Waals surface area (Å²) in [5.74, 6) is -0.202. The molecule has 0 aliphatic carbocycles. The Balaban J connectivity index is 2.34. The highest BCUT2D eigenvalue weighted by Gasteiger charge is 2.28. The summed E-state index contributed by atoms with van der Waals surface area (Å²) in [6.45, 7) is 3.48. The number of amides is 1. The van der Waals surface area contributed by atoms with Crippen LogP contribution in [0.25, 0.3) is 0 Å². The highest BCUT2D eigenvalue weighted by Crippen LogP contribution is 2.20. The Kier molecular flexibility index (Phi) is 5.77. The fourth-order valence-electron chi connectivity index (χ4n) is 1.88. The molecule has 0 radical (unpaired) electrons. The summed E-state index contributed by atoms with van der Waals surface area (Å²) in [5, 5.41) is 8.49. The number of carboxylic acids is 1. The number of nitrogens with zero attached hydrogens (tertiary/aromatic N) is 1. The number of likely N-dealkylation sites (tertiary alicyclic amines) is 1. The Labute approximate surface area is 105 Å². The predicted molar refractivity (Wildman–Crippen MR) is 66.1 cm³/mol. The summed E-state index contributed by atoms with van der Waals surface area (Å²) in [6.07, 6.45) is 1.03. The van der Waals surface area contributed by atoms with Gasteiger partial charge in [0.05, 0.1) is 17.6 Å². The number of ether oxygens (including phenoxy) is 1. The molecular formula is C11H19NO4S. The lowest BCUT2D eigenvalue weighted by atomic mass is 9.96. The van der Waals surface area contributed by atoms with E-state index in [1.807, 2.05) is 0 Å². The second-order valence-electron chi connectivity index (χ2n) is 4.27. The summed E-state index contributed by atoms with van der Waals surface area (Å²) in [4.78, 5) is 23.9. The molecule has 1 aliphatic rings. The molecule has 0 saturated carbocycles. The number of carbonyl (C=O) groups is 2. The average molecular weight is 261 g/mol. The van der Waals surface area contributed by atoms with Crippen LogP contribution in [0.15, 0.2) is 0 Å². The van der Waals surface area contributed by atoms with Gasteiger partial charge in [0, 0.05) is 20.2 Å². The van der Waals surface area contributed by atoms with Gasteiger partial charge in [0.25, 0.3) is 0 Å². The quantitative estimate of drug-likeness (QED) is 0.788. The predicted octanol–water partition coefficient (Wildman–Crippen LogP) is 0.688. The summed E-state index contributed by atoms with van der Waals surface area (Å²) < 4.78 is 5.33. The van der Waals surface area contributed by atoms with Crippen molar-refractivity contribution in [1.82, 2.24) is 4.90 Å². The number of methoxy groups -OCH3 is 1. The normalized spacial score (nSPS) is 24.7. The third kappa shape index (κ3) is 4.55. The van der Waals surface area contributed by atoms with Crippen molar-refractivity contribution in [3.63, 3.8) is 0 Å². The number of piperidine rings is 1. The van der Waals surface area contributed by atoms with Crippen molar-refractivity contribution >= 4 is 23.6 Å². The maximum absolute atomic E-state index is 11.8. The van der Waals surface area contributed by atoms with Crippen LogP contribution >= 0.6 is 11.8 Å². The average Bonchev–Trinajstić information content (AvgIpc) is 2.29. The number of rotatable bonds is 5. The maximum Gasteiger partial charge on any atom is 0.313 e. The smallest absolute Gasteiger partial charge is 0.313 e. The van der Waals surface area contributed by atoms with Crippen LogP contribution in [-0.2, 0) is 14.3 Å². The summed E-state index contributed by atoms with van der Waals surface area (Å²) in [5.41, 5.74) is 0. The van der Waals surface area contributed by atoms with E-state index in [9.17, 15) is 9.59 Å². The molecule has 98 valence electrons. The lowest BCUT2D eigenvalue weighted by molar-refractivity contribution is -0.134. The van der Waals surface area contributed by atoms with Gasteiger partial charge < -0.3 is 14.7 Å². The van der Waals surface area contributed by atoms with Crippen LogP contribution in [0.5, 0.6) is 0 Å². The lowest BCUT2D eigenvalue weighted by Crippen LogP contribution is -2.47. The molecule has 0 bridgehead atoms. The van der Waals surface area contributed by atoms with E-state index in [-0.39, 0.29) is 23.5 Å². The van der Waals surface area contributed by atoms with Gasteiger partial charge in [-0.3, -0.25) is 9.59 Å². The lowest BCUT2D eigenvalue weighted by Gasteiger charge is -2.36. The summed E-state index contributed by atoms with van der Waals surface area (Å²) in [6, 6.07) is 0. The molecule has 5 nitrogen and oxygen atoms in total. The Morgan fingerprint density at radius 1 is 1.47 bits per heavy atom. The van der Waals surface area contributed by atoms with Crippen molar-refractivity contribution in [3.8, 4) is 0 Å². The van der Waals surface area contributed by atoms with Crippen LogP contribution in [-0.4, -0.2) is 59.7 Å². The minimum atomic E-state index is -0.884. The zero-order valence-electron chi connectivity index (χ0n) is 10.2. The van der Waals surface area contributed by atoms with Gasteiger partial charge in [0.1, 0.15) is 0 Å². The van der Waals surface area contributed by atoms with Crippen molar-refractivity contribution in [2.75, 3.05) is 31.7 Å². The van der Waals surface area contributed by atoms with Crippen LogP contribution in [0.2, 0.25) is 0 Å². The van der Waals surface area contributed by atoms with Gasteiger partial charge in [-0.1, -0.05) is 6.92 Å². The van der Waals surface area contributed by atoms with E-state index < -0.39 is 5.97 Å². The molecule has 1 aliphatic heterocycles. The summed E-state index contributed by atoms with van der Waals surface area (Å²) in [7, 11) is 1.66. The third-order valence-corrected chi connectivity index (χ3v) is 3.90. The van der Waals surface area contributed by atoms with Crippen LogP contribution in [0.3, 0.4) is 0 Å². The van der Waals surface area contributed by atoms with E-state index in [4.69, 9.17) is 9.84 Å². The fraction of sp³-hybridized carbons (Fsp3) is 0.818. The number of aliphatic carboxylic acids is 1. The van der Waals surface area contributed by atoms with Crippen molar-refractivity contribution in [3.05, 3.63) is 0 Å². The largest absolute Gasteiger partial charge is 0.481 e. The second kappa shape index (κ2) is 6.86. The van der Waals surface area contributed by atoms with Crippen molar-refractivity contribution in [2.45, 2.75) is 19.4 Å². The van der Waals surface area contributed by atoms with Gasteiger partial charge >= 0.3 is 5.97 Å². The Hall–Kier alpha value is -0.750. The topological polar surface area (TPSA) is 66.8 Å². The van der Waals surface area contributed by atoms with Gasteiger partial charge in [-0.05, 0) is 12.3 Å². The van der Waals surface area contributed by atoms with Crippen LogP contribution in [0.4, 0.5) is 0 Å². The molecule has 6 heteroatoms. The zero-order chi connectivity index (χ0) is 12.8. The molecular weight excluding hydrogens is 242 g/mol. The Morgan fingerprint density at radius 3 is 2.76 bits per heavy atom. The Bertz CT molecular complexity index is 285. The Morgan fingerprint density at radius 2 is 2.18 bits per heavy atom. The number of thioether (sulfide) groups is 1. The first-order chi connectivity index (χ1) is 8.04. The molecule has 0 aromatic carbocycles. The molecule has 0 aromatic rings. The van der Waals surface area contributed by atoms with Gasteiger partial charge in [0.15, 0.2) is 0 Å². The molecule has 0 spiro atoms. The van der Waals surface area contributed by atoms with Crippen molar-refractivity contribution in [2.24, 2.45) is 5.92 Å². The molecule has 1 amide bonds. The molecule has 17 heavy (non-hydrogen) atoms. The maximum atomic E-state index is 11.8. The third-order valence-electron chi connectivity index (χ3n) is 3.00. The van der Waals surface area contributed by atoms with Gasteiger partial charge in [-0.15, -0.1) is 11.8 Å². The second-order valence-corrected chi connectivity index (χ2v) is 5.25. The number of hydrogen-bond acceptors (Lipinski definition) is 4. The van der Waals surface area contributed by atoms with Crippen molar-refractivity contribution in [1.29, 1.82) is 0 Å². The standard InChI is InChI=1S/C11H19NO4S/c1-8-3-4-12(5-9(8)16-2)10(13)6-17-7-11(14)15/h8-9H,3-7H2,1-2H3,(H,14,15). The highest BCUT2D eigenvalue weighted by atomic mass is 32.2. The monoisotopic (exact) mass is 261 g/mol. The molecule has 1 saturated heterocycles. The molecule has 2 atom stereocenters. The van der Waals surface area contributed by atoms with E-state index in [1.165, 1.54) is 0 Å². The fourth-order valence-corrected chi connectivity index (χ4v) is 2.52. The van der Waals surface area contributed by atoms with E-state index in [0.717, 1.165) is 24.7 Å². The van der Waals surface area contributed by atoms with E-state index >= 15 is 0 Å². The van der Waals surface area contributed by atoms with E-state index in [2.05, 4.69) is 6.92 Å². The first kappa shape index (κ1) is 14.3. The first-order valence-electron chi connectivity index (χ1n) is 5.64. The number of carboxylic acid groups (broad SMARTS) is 1. The highest BCUT2D eigenvalue weighted by molar-refractivity contribution is 8.00. The van der Waals surface area contributed by atoms with Crippen LogP contribution < -0.4 is 0 Å². The SMILES string of the molecule is COC1CN(C(=O)CSCC(=O)O)CCC1C. The summed E-state index contributed by atoms with van der Waals surface area (Å²) >= 11 is 1.14. The molecule has 2 unspecified atom stereocenters. The van der Waals surface area contributed by atoms with Crippen molar-refractivity contribution < 1.29 is 19.4 Å². The molecule has 1 N–H and O–H groups in total. The minimum absolute atomic E-state index is 0.00481. The minimum Gasteiger partial charge on any atom is -0.481 e. The van der Waals surface area contributed by atoms with Crippen LogP contribution in [0.1, 0.15) is 13.3 Å². The van der Waals surface area contributed by atoms with E-state index in [1.54, 1.807) is 12.0 Å². The number of carbonyl (C=O) groups excluding carboxylic acids is 1. The molecule has 0 aromatic heterocycles. The van der Waals surface area contributed by atoms with E-state index in [0.29, 0.717) is 12.5 Å². The molecule has 1 heterocycles. The number of hydrogen-bond donors (Lipinski definition) is 1.